The molecule has 1 aromatic carbocycles. The van der Waals surface area contributed by atoms with Crippen molar-refractivity contribution in [3.8, 4) is 23.3 Å². The third-order valence-corrected chi connectivity index (χ3v) is 6.91. The van der Waals surface area contributed by atoms with Gasteiger partial charge in [-0.15, -0.1) is 0 Å². The summed E-state index contributed by atoms with van der Waals surface area (Å²) in [5.41, 5.74) is 7.60. The van der Waals surface area contributed by atoms with Gasteiger partial charge in [0.25, 0.3) is 11.5 Å². The van der Waals surface area contributed by atoms with E-state index >= 15 is 0 Å². The Hall–Kier alpha value is -3.93. The van der Waals surface area contributed by atoms with Gasteiger partial charge in [-0.25, -0.2) is 9.97 Å². The number of benzene rings is 1. The maximum absolute atomic E-state index is 14.1. The van der Waals surface area contributed by atoms with E-state index in [2.05, 4.69) is 9.97 Å². The van der Waals surface area contributed by atoms with Crippen molar-refractivity contribution in [2.24, 2.45) is 12.8 Å². The number of rotatable bonds is 8. The fourth-order valence-electron chi connectivity index (χ4n) is 4.72. The molecule has 0 bridgehead atoms. The van der Waals surface area contributed by atoms with E-state index in [1.165, 1.54) is 42.1 Å². The molecule has 11 nitrogen and oxygen atoms in total. The monoisotopic (exact) mass is 569 g/mol. The smallest absolute Gasteiger partial charge is 0.319 e. The highest BCUT2D eigenvalue weighted by molar-refractivity contribution is 6.31. The molecule has 0 saturated carbocycles. The zero-order chi connectivity index (χ0) is 27.8. The molecule has 39 heavy (non-hydrogen) atoms. The van der Waals surface area contributed by atoms with Crippen LogP contribution >= 0.6 is 23.2 Å². The Labute approximate surface area is 233 Å². The summed E-state index contributed by atoms with van der Waals surface area (Å²) in [5.74, 6) is 0.208. The molecule has 13 heteroatoms. The first kappa shape index (κ1) is 26.7. The molecule has 0 aliphatic carbocycles. The molecule has 1 unspecified atom stereocenters. The third kappa shape index (κ3) is 4.62. The number of carbonyl (C=O) groups excluding carboxylic acids is 1. The van der Waals surface area contributed by atoms with Crippen molar-refractivity contribution in [2.45, 2.75) is 19.0 Å². The van der Waals surface area contributed by atoms with Gasteiger partial charge in [0.2, 0.25) is 5.88 Å². The van der Waals surface area contributed by atoms with Crippen molar-refractivity contribution in [2.75, 3.05) is 25.7 Å². The Morgan fingerprint density at radius 3 is 2.46 bits per heavy atom. The van der Waals surface area contributed by atoms with Gasteiger partial charge in [0.15, 0.2) is 5.69 Å². The van der Waals surface area contributed by atoms with Gasteiger partial charge < -0.3 is 24.3 Å². The topological polar surface area (TPSA) is 130 Å². The number of amides is 1. The second kappa shape index (κ2) is 10.7. The predicted octanol–water partition coefficient (Wildman–Crippen LogP) is 3.46. The van der Waals surface area contributed by atoms with Crippen LogP contribution in [-0.2, 0) is 13.6 Å². The molecule has 1 amide bonds. The second-order valence-electron chi connectivity index (χ2n) is 8.83. The number of aromatic nitrogens is 5. The first-order valence-corrected chi connectivity index (χ1v) is 12.8. The van der Waals surface area contributed by atoms with E-state index < -0.39 is 11.9 Å². The quantitative estimate of drug-likeness (QED) is 0.341. The van der Waals surface area contributed by atoms with Crippen molar-refractivity contribution in [1.29, 1.82) is 0 Å². The number of nitrogens with two attached hydrogens (primary N) is 1. The highest BCUT2D eigenvalue weighted by Gasteiger charge is 2.45. The number of halogens is 2. The average Bonchev–Trinajstić information content (AvgIpc) is 3.44. The standard InChI is InChI=1S/C26H25Cl2N7O4/c1-33-13-16(28)11-18(24(33)36)35-20(14-5-7-15(27)8-6-14)21-19(25(35)37)31-22(34(21)10-4-9-29)17-12-30-26(39-3)32-23(17)38-2/h5-8,11-13,20H,4,9-10,29H2,1-3H3. The van der Waals surface area contributed by atoms with E-state index in [1.54, 1.807) is 19.2 Å². The Morgan fingerprint density at radius 2 is 1.79 bits per heavy atom. The van der Waals surface area contributed by atoms with Gasteiger partial charge in [-0.3, -0.25) is 14.5 Å². The van der Waals surface area contributed by atoms with Crippen LogP contribution in [0, 0.1) is 0 Å². The van der Waals surface area contributed by atoms with Crippen LogP contribution in [0.1, 0.15) is 34.2 Å². The zero-order valence-corrected chi connectivity index (χ0v) is 22.9. The molecule has 4 heterocycles. The van der Waals surface area contributed by atoms with Crippen LogP contribution in [0.4, 0.5) is 5.69 Å². The lowest BCUT2D eigenvalue weighted by Crippen LogP contribution is -2.36. The Balaban J connectivity index is 1.79. The van der Waals surface area contributed by atoms with Crippen LogP contribution in [0.2, 0.25) is 10.0 Å². The number of anilines is 1. The number of imidazole rings is 1. The van der Waals surface area contributed by atoms with E-state index in [4.69, 9.17) is 43.4 Å². The van der Waals surface area contributed by atoms with Gasteiger partial charge in [-0.05, 0) is 36.7 Å². The first-order chi connectivity index (χ1) is 18.8. The van der Waals surface area contributed by atoms with E-state index in [-0.39, 0.29) is 28.8 Å². The molecule has 5 rings (SSSR count). The van der Waals surface area contributed by atoms with Gasteiger partial charge >= 0.3 is 6.01 Å². The molecular weight excluding hydrogens is 545 g/mol. The number of aryl methyl sites for hydroxylation is 1. The minimum Gasteiger partial charge on any atom is -0.480 e. The van der Waals surface area contributed by atoms with E-state index in [0.717, 1.165) is 5.56 Å². The normalized spacial score (nSPS) is 14.6. The highest BCUT2D eigenvalue weighted by atomic mass is 35.5. The van der Waals surface area contributed by atoms with Crippen LogP contribution in [0.25, 0.3) is 11.4 Å². The summed E-state index contributed by atoms with van der Waals surface area (Å²) in [6.07, 6.45) is 3.62. The Morgan fingerprint density at radius 1 is 1.05 bits per heavy atom. The van der Waals surface area contributed by atoms with Crippen molar-refractivity contribution < 1.29 is 14.3 Å². The van der Waals surface area contributed by atoms with Gasteiger partial charge in [0.1, 0.15) is 17.6 Å². The van der Waals surface area contributed by atoms with E-state index in [1.807, 2.05) is 16.7 Å². The summed E-state index contributed by atoms with van der Waals surface area (Å²) in [5, 5.41) is 0.845. The largest absolute Gasteiger partial charge is 0.480 e. The van der Waals surface area contributed by atoms with Crippen LogP contribution in [0.15, 0.2) is 47.5 Å². The van der Waals surface area contributed by atoms with Crippen LogP contribution in [0.5, 0.6) is 11.9 Å². The fraction of sp³-hybridized carbons (Fsp3) is 0.269. The van der Waals surface area contributed by atoms with Crippen LogP contribution in [-0.4, -0.2) is 50.8 Å². The molecule has 1 atom stereocenters. The third-order valence-electron chi connectivity index (χ3n) is 6.46. The molecule has 202 valence electrons. The van der Waals surface area contributed by atoms with Crippen molar-refractivity contribution in [1.82, 2.24) is 24.1 Å². The lowest BCUT2D eigenvalue weighted by Gasteiger charge is -2.27. The molecule has 3 aromatic heterocycles. The minimum atomic E-state index is -0.708. The average molecular weight is 570 g/mol. The summed E-state index contributed by atoms with van der Waals surface area (Å²) >= 11 is 12.5. The van der Waals surface area contributed by atoms with Crippen LogP contribution < -0.4 is 25.7 Å². The summed E-state index contributed by atoms with van der Waals surface area (Å²) in [7, 11) is 4.51. The molecule has 0 fully saturated rings. The number of ether oxygens (including phenoxy) is 2. The number of hydrogen-bond acceptors (Lipinski definition) is 8. The van der Waals surface area contributed by atoms with Crippen molar-refractivity contribution in [3.63, 3.8) is 0 Å². The lowest BCUT2D eigenvalue weighted by atomic mass is 10.0. The zero-order valence-electron chi connectivity index (χ0n) is 21.4. The molecule has 2 N–H and O–H groups in total. The number of fused-ring (bicyclic) bond motifs is 1. The molecule has 1 aliphatic heterocycles. The number of hydrogen-bond donors (Lipinski definition) is 1. The first-order valence-electron chi connectivity index (χ1n) is 12.0. The molecular formula is C26H25Cl2N7O4. The van der Waals surface area contributed by atoms with Gasteiger partial charge in [-0.2, -0.15) is 4.98 Å². The predicted molar refractivity (Wildman–Crippen MR) is 147 cm³/mol. The summed E-state index contributed by atoms with van der Waals surface area (Å²) in [6.45, 7) is 0.836. The van der Waals surface area contributed by atoms with Crippen molar-refractivity contribution >= 4 is 34.8 Å². The maximum atomic E-state index is 14.1. The summed E-state index contributed by atoms with van der Waals surface area (Å²) in [4.78, 5) is 42.0. The summed E-state index contributed by atoms with van der Waals surface area (Å²) < 4.78 is 13.9. The molecule has 1 aliphatic rings. The molecule has 0 spiro atoms. The number of nitrogens with zero attached hydrogens (tertiary/aromatic N) is 6. The lowest BCUT2D eigenvalue weighted by molar-refractivity contribution is 0.0989. The van der Waals surface area contributed by atoms with Gasteiger partial charge in [0, 0.05) is 31.0 Å². The molecule has 4 aromatic rings. The van der Waals surface area contributed by atoms with Crippen molar-refractivity contribution in [3.05, 3.63) is 80.1 Å². The minimum absolute atomic E-state index is 0.126. The maximum Gasteiger partial charge on any atom is 0.319 e. The van der Waals surface area contributed by atoms with Gasteiger partial charge in [-0.1, -0.05) is 35.3 Å². The van der Waals surface area contributed by atoms with E-state index in [0.29, 0.717) is 46.6 Å². The SMILES string of the molecule is COc1ncc(-c2nc3c(n2CCCN)C(c2ccc(Cl)cc2)N(c2cc(Cl)cn(C)c2=O)C3=O)c(OC)n1. The Bertz CT molecular complexity index is 1620. The fourth-order valence-corrected chi connectivity index (χ4v) is 5.10. The number of carbonyl (C=O) groups is 1. The van der Waals surface area contributed by atoms with Gasteiger partial charge in [0.05, 0.1) is 30.5 Å². The second-order valence-corrected chi connectivity index (χ2v) is 9.70. The number of pyridine rings is 1. The highest BCUT2D eigenvalue weighted by Crippen LogP contribution is 2.44. The summed E-state index contributed by atoms with van der Waals surface area (Å²) in [6, 6.07) is 8.00. The molecule has 0 radical (unpaired) electrons. The van der Waals surface area contributed by atoms with Crippen LogP contribution in [0.3, 0.4) is 0 Å². The van der Waals surface area contributed by atoms with E-state index in [9.17, 15) is 9.59 Å². The number of methoxy groups -OCH3 is 2. The Kier molecular flexibility index (Phi) is 7.30. The molecule has 0 saturated heterocycles.